The summed E-state index contributed by atoms with van der Waals surface area (Å²) in [5, 5.41) is -0.374. The molecule has 1 atom stereocenters. The van der Waals surface area contributed by atoms with Crippen LogP contribution in [0.15, 0.2) is 30.9 Å². The van der Waals surface area contributed by atoms with Gasteiger partial charge >= 0.3 is 0 Å². The van der Waals surface area contributed by atoms with E-state index in [2.05, 4.69) is 9.36 Å². The Balaban J connectivity index is 2.31. The normalized spacial score (nSPS) is 13.5. The lowest BCUT2D eigenvalue weighted by atomic mass is 10.3. The molecular formula is C9H9N3O3S2. The minimum Gasteiger partial charge on any atom is -0.743 e. The van der Waals surface area contributed by atoms with Crippen LogP contribution in [0.25, 0.3) is 10.6 Å². The van der Waals surface area contributed by atoms with E-state index in [0.717, 1.165) is 10.6 Å². The summed E-state index contributed by atoms with van der Waals surface area (Å²) in [5.41, 5.74) is 0.833. The monoisotopic (exact) mass is 271 g/mol. The Morgan fingerprint density at radius 3 is 2.53 bits per heavy atom. The fourth-order valence-corrected chi connectivity index (χ4v) is 2.24. The quantitative estimate of drug-likeness (QED) is 0.601. The van der Waals surface area contributed by atoms with Gasteiger partial charge in [0.05, 0.1) is 0 Å². The van der Waals surface area contributed by atoms with Gasteiger partial charge in [-0.15, -0.1) is 0 Å². The Morgan fingerprint density at radius 2 is 2.06 bits per heavy atom. The molecule has 0 amide bonds. The second kappa shape index (κ2) is 4.47. The zero-order chi connectivity index (χ0) is 12.5. The van der Waals surface area contributed by atoms with E-state index in [9.17, 15) is 13.0 Å². The molecule has 0 bridgehead atoms. The Labute approximate surface area is 102 Å². The van der Waals surface area contributed by atoms with E-state index in [4.69, 9.17) is 0 Å². The number of hydrogen-bond acceptors (Lipinski definition) is 6. The van der Waals surface area contributed by atoms with Crippen LogP contribution in [-0.2, 0) is 10.1 Å². The molecule has 2 aromatic heterocycles. The fourth-order valence-electron chi connectivity index (χ4n) is 1.27. The summed E-state index contributed by atoms with van der Waals surface area (Å²) in [7, 11) is -4.33. The summed E-state index contributed by atoms with van der Waals surface area (Å²) in [6.45, 7) is 1.34. The van der Waals surface area contributed by atoms with E-state index in [1.165, 1.54) is 41.7 Å². The maximum Gasteiger partial charge on any atom is 0.243 e. The first-order valence-corrected chi connectivity index (χ1v) is 6.95. The van der Waals surface area contributed by atoms with Gasteiger partial charge in [-0.05, 0) is 11.5 Å². The highest BCUT2D eigenvalue weighted by Gasteiger charge is 2.19. The van der Waals surface area contributed by atoms with Crippen LogP contribution >= 0.6 is 11.5 Å². The van der Waals surface area contributed by atoms with E-state index in [0.29, 0.717) is 0 Å². The Hall–Kier alpha value is -1.38. The topological polar surface area (TPSA) is 86.9 Å². The Kier molecular flexibility index (Phi) is 3.18. The number of aromatic nitrogens is 3. The van der Waals surface area contributed by atoms with Crippen LogP contribution in [0, 0.1) is 0 Å². The third-order valence-corrected chi connectivity index (χ3v) is 4.09. The minimum absolute atomic E-state index is 0.745. The van der Waals surface area contributed by atoms with E-state index < -0.39 is 15.5 Å². The summed E-state index contributed by atoms with van der Waals surface area (Å²) >= 11 is 1.25. The standard InChI is InChI=1S/C9H9N3O3S2/c1-7(17(13,14)15)12-4-2-8(3-5-12)9-10-6-11-16-9/h2-7H,1H3. The molecule has 0 spiro atoms. The molecule has 1 unspecified atom stereocenters. The molecule has 0 N–H and O–H groups in total. The SMILES string of the molecule is CC([n+]1ccc(-c2ncns2)cc1)S(=O)(=O)[O-]. The largest absolute Gasteiger partial charge is 0.743 e. The maximum absolute atomic E-state index is 10.8. The zero-order valence-corrected chi connectivity index (χ0v) is 10.5. The first-order valence-electron chi connectivity index (χ1n) is 4.71. The van der Waals surface area contributed by atoms with Gasteiger partial charge in [0, 0.05) is 24.6 Å². The second-order valence-electron chi connectivity index (χ2n) is 3.37. The van der Waals surface area contributed by atoms with Gasteiger partial charge in [-0.1, -0.05) is 0 Å². The highest BCUT2D eigenvalue weighted by Crippen LogP contribution is 2.18. The Bertz CT molecular complexity index is 593. The first-order chi connectivity index (χ1) is 7.98. The van der Waals surface area contributed by atoms with Crippen LogP contribution in [0.3, 0.4) is 0 Å². The summed E-state index contributed by atoms with van der Waals surface area (Å²) in [6.07, 6.45) is 4.53. The summed E-state index contributed by atoms with van der Waals surface area (Å²) in [5.74, 6) is 0. The lowest BCUT2D eigenvalue weighted by Crippen LogP contribution is -2.41. The molecule has 8 heteroatoms. The van der Waals surface area contributed by atoms with Gasteiger partial charge in [-0.2, -0.15) is 8.94 Å². The average Bonchev–Trinajstić information content (AvgIpc) is 2.80. The van der Waals surface area contributed by atoms with Crippen molar-refractivity contribution in [3.63, 3.8) is 0 Å². The van der Waals surface area contributed by atoms with Crippen LogP contribution < -0.4 is 4.57 Å². The molecule has 90 valence electrons. The summed E-state index contributed by atoms with van der Waals surface area (Å²) in [6, 6.07) is 3.39. The van der Waals surface area contributed by atoms with Crippen LogP contribution in [0.1, 0.15) is 12.3 Å². The van der Waals surface area contributed by atoms with E-state index >= 15 is 0 Å². The predicted molar refractivity (Wildman–Crippen MR) is 59.9 cm³/mol. The number of hydrogen-bond donors (Lipinski definition) is 0. The van der Waals surface area contributed by atoms with Crippen LogP contribution in [-0.4, -0.2) is 22.3 Å². The number of rotatable bonds is 3. The van der Waals surface area contributed by atoms with E-state index in [1.807, 2.05) is 0 Å². The van der Waals surface area contributed by atoms with Crippen molar-refractivity contribution in [2.75, 3.05) is 0 Å². The van der Waals surface area contributed by atoms with Crippen molar-refractivity contribution in [2.24, 2.45) is 0 Å². The first kappa shape index (κ1) is 12.1. The third kappa shape index (κ3) is 2.65. The molecular weight excluding hydrogens is 262 g/mol. The fraction of sp³-hybridized carbons (Fsp3) is 0.222. The van der Waals surface area contributed by atoms with Gasteiger partial charge in [0.15, 0.2) is 22.5 Å². The van der Waals surface area contributed by atoms with E-state index in [1.54, 1.807) is 12.1 Å². The molecule has 0 aromatic carbocycles. The minimum atomic E-state index is -4.33. The van der Waals surface area contributed by atoms with Crippen molar-refractivity contribution in [1.29, 1.82) is 0 Å². The highest BCUT2D eigenvalue weighted by atomic mass is 32.2. The van der Waals surface area contributed by atoms with Gasteiger partial charge in [-0.25, -0.2) is 13.4 Å². The maximum atomic E-state index is 10.8. The molecule has 0 aliphatic carbocycles. The van der Waals surface area contributed by atoms with Gasteiger partial charge < -0.3 is 4.55 Å². The summed E-state index contributed by atoms with van der Waals surface area (Å²) < 4.78 is 37.8. The van der Waals surface area contributed by atoms with Crippen LogP contribution in [0.2, 0.25) is 0 Å². The number of nitrogens with zero attached hydrogens (tertiary/aromatic N) is 3. The second-order valence-corrected chi connectivity index (χ2v) is 5.82. The molecule has 0 radical (unpaired) electrons. The Morgan fingerprint density at radius 1 is 1.41 bits per heavy atom. The number of pyridine rings is 1. The molecule has 2 heterocycles. The molecule has 17 heavy (non-hydrogen) atoms. The van der Waals surface area contributed by atoms with Gasteiger partial charge in [-0.3, -0.25) is 0 Å². The van der Waals surface area contributed by atoms with Gasteiger partial charge in [0.2, 0.25) is 5.37 Å². The molecule has 0 aliphatic heterocycles. The molecule has 2 rings (SSSR count). The molecule has 0 aliphatic rings. The lowest BCUT2D eigenvalue weighted by Gasteiger charge is -2.10. The smallest absolute Gasteiger partial charge is 0.243 e. The van der Waals surface area contributed by atoms with Crippen molar-refractivity contribution in [1.82, 2.24) is 9.36 Å². The molecule has 0 saturated heterocycles. The predicted octanol–water partition coefficient (Wildman–Crippen LogP) is 0.556. The van der Waals surface area contributed by atoms with Crippen LogP contribution in [0.5, 0.6) is 0 Å². The van der Waals surface area contributed by atoms with Crippen molar-refractivity contribution >= 4 is 21.7 Å². The van der Waals surface area contributed by atoms with Crippen molar-refractivity contribution in [3.05, 3.63) is 30.9 Å². The molecule has 6 nitrogen and oxygen atoms in total. The molecule has 2 aromatic rings. The highest BCUT2D eigenvalue weighted by molar-refractivity contribution is 7.85. The van der Waals surface area contributed by atoms with Crippen LogP contribution in [0.4, 0.5) is 0 Å². The van der Waals surface area contributed by atoms with Gasteiger partial charge in [0.1, 0.15) is 11.3 Å². The lowest BCUT2D eigenvalue weighted by molar-refractivity contribution is -0.699. The molecule has 0 fully saturated rings. The zero-order valence-electron chi connectivity index (χ0n) is 8.85. The van der Waals surface area contributed by atoms with Crippen molar-refractivity contribution in [3.8, 4) is 10.6 Å². The average molecular weight is 271 g/mol. The van der Waals surface area contributed by atoms with E-state index in [-0.39, 0.29) is 0 Å². The third-order valence-electron chi connectivity index (χ3n) is 2.30. The summed E-state index contributed by atoms with van der Waals surface area (Å²) in [4.78, 5) is 4.03. The van der Waals surface area contributed by atoms with Crippen molar-refractivity contribution in [2.45, 2.75) is 12.3 Å². The van der Waals surface area contributed by atoms with Gasteiger partial charge in [0.25, 0.3) is 0 Å². The molecule has 0 saturated carbocycles. The van der Waals surface area contributed by atoms with Crippen molar-refractivity contribution < 1.29 is 17.5 Å².